The first-order valence-electron chi connectivity index (χ1n) is 5.43. The molecule has 0 fully saturated rings. The zero-order chi connectivity index (χ0) is 11.7. The van der Waals surface area contributed by atoms with E-state index in [0.717, 1.165) is 0 Å². The molecule has 0 saturated carbocycles. The van der Waals surface area contributed by atoms with E-state index in [4.69, 9.17) is 11.6 Å². The Bertz CT molecular complexity index is 345. The number of hydrogen-bond acceptors (Lipinski definition) is 1. The molecule has 0 radical (unpaired) electrons. The van der Waals surface area contributed by atoms with Crippen LogP contribution in [0.15, 0.2) is 24.3 Å². The van der Waals surface area contributed by atoms with Gasteiger partial charge in [0.2, 0.25) is 0 Å². The Morgan fingerprint density at radius 2 is 2.60 bits per heavy atom. The molecule has 1 heteroatoms. The largest absolute Gasteiger partial charge is 0.497 e. The molecule has 0 atom stereocenters. The number of aryl methyl sites for hydroxylation is 1. The van der Waals surface area contributed by atoms with Crippen LogP contribution in [-0.4, -0.2) is 7.11 Å². The first-order chi connectivity index (χ1) is 6.79. The summed E-state index contributed by atoms with van der Waals surface area (Å²) in [5.41, 5.74) is 0.0989. The summed E-state index contributed by atoms with van der Waals surface area (Å²) in [5, 5.41) is 0. The van der Waals surface area contributed by atoms with Crippen LogP contribution in [0, 0.1) is 0 Å². The Morgan fingerprint density at radius 3 is 3.30 bits per heavy atom. The van der Waals surface area contributed by atoms with Crippen LogP contribution >= 0.6 is 0 Å². The molecule has 0 aliphatic heterocycles. The second-order valence-corrected chi connectivity index (χ2v) is 1.86. The summed E-state index contributed by atoms with van der Waals surface area (Å²) in [6.45, 7) is -2.68. The molecule has 1 nitrogen and oxygen atoms in total. The Labute approximate surface area is 68.7 Å². The molecule has 1 rings (SSSR count). The molecule has 0 unspecified atom stereocenters. The number of methoxy groups -OCH3 is 1. The van der Waals surface area contributed by atoms with Gasteiger partial charge in [0.05, 0.1) is 7.11 Å². The highest BCUT2D eigenvalue weighted by atomic mass is 16.5. The minimum atomic E-state index is -2.68. The van der Waals surface area contributed by atoms with Gasteiger partial charge in [0, 0.05) is 6.85 Å². The van der Waals surface area contributed by atoms with Gasteiger partial charge in [0.25, 0.3) is 0 Å². The fourth-order valence-corrected chi connectivity index (χ4v) is 0.701. The minimum Gasteiger partial charge on any atom is -0.497 e. The average Bonchev–Trinajstić information content (AvgIpc) is 2.16. The molecule has 0 aliphatic carbocycles. The Balaban J connectivity index is 3.15. The van der Waals surface area contributed by atoms with Gasteiger partial charge in [-0.15, -0.1) is 0 Å². The van der Waals surface area contributed by atoms with Crippen molar-refractivity contribution in [1.82, 2.24) is 0 Å². The predicted octanol–water partition coefficient (Wildman–Crippen LogP) is 2.26. The molecule has 10 heavy (non-hydrogen) atoms. The summed E-state index contributed by atoms with van der Waals surface area (Å²) in [7, 11) is 1.45. The fourth-order valence-electron chi connectivity index (χ4n) is 0.701. The van der Waals surface area contributed by atoms with E-state index in [2.05, 4.69) is 0 Å². The average molecular weight is 141 g/mol. The lowest BCUT2D eigenvalue weighted by Gasteiger charge is -2.00. The summed E-state index contributed by atoms with van der Waals surface area (Å²) in [6, 6.07) is 6.04. The Morgan fingerprint density at radius 1 is 1.70 bits per heavy atom. The highest BCUT2D eigenvalue weighted by molar-refractivity contribution is 5.28. The zero-order valence-electron chi connectivity index (χ0n) is 10.7. The van der Waals surface area contributed by atoms with Crippen molar-refractivity contribution in [3.63, 3.8) is 0 Å². The van der Waals surface area contributed by atoms with Gasteiger partial charge in [-0.25, -0.2) is 0 Å². The third-order valence-corrected chi connectivity index (χ3v) is 1.21. The highest BCUT2D eigenvalue weighted by Crippen LogP contribution is 2.12. The van der Waals surface area contributed by atoms with Gasteiger partial charge >= 0.3 is 0 Å². The zero-order valence-corrected chi connectivity index (χ0v) is 5.72. The highest BCUT2D eigenvalue weighted by Gasteiger charge is 1.90. The maximum atomic E-state index is 7.54. The van der Waals surface area contributed by atoms with Gasteiger partial charge in [-0.2, -0.15) is 0 Å². The molecule has 0 aromatic heterocycles. The molecule has 0 saturated heterocycles. The molecular weight excluding hydrogens is 124 g/mol. The van der Waals surface area contributed by atoms with E-state index in [1.807, 2.05) is 0 Å². The van der Waals surface area contributed by atoms with E-state index in [1.165, 1.54) is 19.2 Å². The van der Waals surface area contributed by atoms with E-state index < -0.39 is 13.2 Å². The van der Waals surface area contributed by atoms with Crippen LogP contribution in [0.25, 0.3) is 0 Å². The number of hydrogen-bond donors (Lipinski definition) is 0. The van der Waals surface area contributed by atoms with Crippen LogP contribution in [0.4, 0.5) is 0 Å². The van der Waals surface area contributed by atoms with Gasteiger partial charge in [-0.3, -0.25) is 0 Å². The van der Waals surface area contributed by atoms with Crippen LogP contribution in [0.5, 0.6) is 5.75 Å². The second-order valence-electron chi connectivity index (χ2n) is 1.86. The first kappa shape index (κ1) is 2.95. The monoisotopic (exact) mass is 141 g/mol. The number of benzene rings is 1. The van der Waals surface area contributed by atoms with Gasteiger partial charge < -0.3 is 4.74 Å². The topological polar surface area (TPSA) is 9.23 Å². The van der Waals surface area contributed by atoms with E-state index in [0.29, 0.717) is 5.75 Å². The molecule has 0 N–H and O–H groups in total. The second kappa shape index (κ2) is 3.25. The van der Waals surface area contributed by atoms with Crippen molar-refractivity contribution in [2.24, 2.45) is 0 Å². The van der Waals surface area contributed by atoms with E-state index >= 15 is 0 Å². The molecular formula is C9H12O. The first-order valence-corrected chi connectivity index (χ1v) is 2.93. The molecule has 0 spiro atoms. The van der Waals surface area contributed by atoms with Gasteiger partial charge in [-0.05, 0) is 24.1 Å². The summed E-state index contributed by atoms with van der Waals surface area (Å²) in [6.07, 6.45) is -2.36. The van der Waals surface area contributed by atoms with Gasteiger partial charge in [-0.1, -0.05) is 19.0 Å². The molecule has 1 aromatic carbocycles. The van der Waals surface area contributed by atoms with Crippen LogP contribution < -0.4 is 4.74 Å². The minimum absolute atomic E-state index is 0.0989. The van der Waals surface area contributed by atoms with E-state index in [1.54, 1.807) is 12.1 Å². The summed E-state index contributed by atoms with van der Waals surface area (Å²) < 4.78 is 41.3. The molecule has 0 bridgehead atoms. The molecule has 0 aliphatic rings. The maximum absolute atomic E-state index is 7.54. The van der Waals surface area contributed by atoms with Crippen molar-refractivity contribution in [3.8, 4) is 5.75 Å². The quantitative estimate of drug-likeness (QED) is 0.614. The van der Waals surface area contributed by atoms with Crippen molar-refractivity contribution in [3.05, 3.63) is 29.8 Å². The van der Waals surface area contributed by atoms with Crippen LogP contribution in [0.3, 0.4) is 0 Å². The standard InChI is InChI=1S/C9H12O/c1-3-8-5-4-6-9(7-8)10-2/h4-7H,3H2,1-2H3/i1D3,3D2. The fraction of sp³-hybridized carbons (Fsp3) is 0.333. The Kier molecular flexibility index (Phi) is 0.961. The normalized spacial score (nSPS) is 19.5. The van der Waals surface area contributed by atoms with E-state index in [-0.39, 0.29) is 5.56 Å². The van der Waals surface area contributed by atoms with Crippen molar-refractivity contribution in [1.29, 1.82) is 0 Å². The van der Waals surface area contributed by atoms with Crippen LogP contribution in [0.1, 0.15) is 19.3 Å². The number of ether oxygens (including phenoxy) is 1. The van der Waals surface area contributed by atoms with Crippen molar-refractivity contribution < 1.29 is 11.6 Å². The van der Waals surface area contributed by atoms with Crippen molar-refractivity contribution in [2.45, 2.75) is 13.2 Å². The summed E-state index contributed by atoms with van der Waals surface area (Å²) in [5.74, 6) is 0.445. The molecule has 1 aromatic rings. The van der Waals surface area contributed by atoms with Gasteiger partial charge in [0.1, 0.15) is 5.75 Å². The van der Waals surface area contributed by atoms with E-state index in [9.17, 15) is 0 Å². The Hall–Kier alpha value is -0.980. The lowest BCUT2D eigenvalue weighted by atomic mass is 10.2. The summed E-state index contributed by atoms with van der Waals surface area (Å²) in [4.78, 5) is 0. The van der Waals surface area contributed by atoms with Gasteiger partial charge in [0.15, 0.2) is 0 Å². The van der Waals surface area contributed by atoms with Crippen molar-refractivity contribution >= 4 is 0 Å². The SMILES string of the molecule is [2H]C([2H])([2H])C([2H])([2H])c1cccc(OC)c1. The predicted molar refractivity (Wildman–Crippen MR) is 42.4 cm³/mol. The number of rotatable bonds is 2. The van der Waals surface area contributed by atoms with Crippen LogP contribution in [-0.2, 0) is 6.37 Å². The lowest BCUT2D eigenvalue weighted by Crippen LogP contribution is -1.84. The third kappa shape index (κ3) is 1.50. The summed E-state index contributed by atoms with van der Waals surface area (Å²) >= 11 is 0. The maximum Gasteiger partial charge on any atom is 0.119 e. The molecule has 0 heterocycles. The third-order valence-electron chi connectivity index (χ3n) is 1.21. The molecule has 54 valence electrons. The lowest BCUT2D eigenvalue weighted by molar-refractivity contribution is 0.414. The van der Waals surface area contributed by atoms with Crippen LogP contribution in [0.2, 0.25) is 0 Å². The smallest absolute Gasteiger partial charge is 0.119 e. The molecule has 0 amide bonds. The van der Waals surface area contributed by atoms with Crippen molar-refractivity contribution in [2.75, 3.05) is 7.11 Å².